The lowest BCUT2D eigenvalue weighted by atomic mass is 9.94. The largest absolute Gasteiger partial charge is 0.448 e. The van der Waals surface area contributed by atoms with Crippen molar-refractivity contribution in [2.45, 2.75) is 38.0 Å². The summed E-state index contributed by atoms with van der Waals surface area (Å²) in [7, 11) is 0. The minimum Gasteiger partial charge on any atom is -0.448 e. The van der Waals surface area contributed by atoms with Crippen LogP contribution in [-0.4, -0.2) is 93.5 Å². The zero-order valence-corrected chi connectivity index (χ0v) is 17.4. The molecule has 0 N–H and O–H groups in total. The Morgan fingerprint density at radius 2 is 1.87 bits per heavy atom. The Morgan fingerprint density at radius 1 is 1.00 bits per heavy atom. The van der Waals surface area contributed by atoms with Crippen LogP contribution in [0.5, 0.6) is 0 Å². The van der Waals surface area contributed by atoms with E-state index in [4.69, 9.17) is 26.1 Å². The van der Waals surface area contributed by atoms with E-state index in [0.29, 0.717) is 32.4 Å². The molecule has 2 aromatic heterocycles. The number of ether oxygens (including phenoxy) is 2. The van der Waals surface area contributed by atoms with Crippen LogP contribution < -0.4 is 4.90 Å². The second-order valence-electron chi connectivity index (χ2n) is 8.34. The number of piperidine rings is 1. The first kappa shape index (κ1) is 18.6. The zero-order chi connectivity index (χ0) is 20.2. The Bertz CT molecular complexity index is 992. The van der Waals surface area contributed by atoms with Gasteiger partial charge in [-0.05, 0) is 24.4 Å². The van der Waals surface area contributed by atoms with Gasteiger partial charge in [-0.15, -0.1) is 0 Å². The Morgan fingerprint density at radius 3 is 2.67 bits per heavy atom. The lowest BCUT2D eigenvalue weighted by Crippen LogP contribution is -2.53. The Balaban J connectivity index is 1.32. The van der Waals surface area contributed by atoms with E-state index in [-0.39, 0.29) is 17.4 Å². The van der Waals surface area contributed by atoms with E-state index in [1.165, 1.54) is 0 Å². The fourth-order valence-corrected chi connectivity index (χ4v) is 5.36. The molecular formula is C19H24ClN7O3. The molecule has 4 aliphatic heterocycles. The molecule has 30 heavy (non-hydrogen) atoms. The number of aromatic nitrogens is 4. The summed E-state index contributed by atoms with van der Waals surface area (Å²) in [5.74, 6) is 1.80. The lowest BCUT2D eigenvalue weighted by Gasteiger charge is -2.44. The number of anilines is 1. The van der Waals surface area contributed by atoms with E-state index in [1.807, 2.05) is 4.90 Å². The summed E-state index contributed by atoms with van der Waals surface area (Å²) in [6, 6.07) is 0.572. The minimum atomic E-state index is -0.173. The number of fused-ring (bicyclic) bond motifs is 4. The maximum atomic E-state index is 12.0. The van der Waals surface area contributed by atoms with Gasteiger partial charge >= 0.3 is 6.09 Å². The second-order valence-corrected chi connectivity index (χ2v) is 8.67. The molecule has 2 unspecified atom stereocenters. The number of hydrogen-bond donors (Lipinski definition) is 0. The number of rotatable bonds is 2. The van der Waals surface area contributed by atoms with Gasteiger partial charge in [0.15, 0.2) is 17.0 Å². The first-order valence-electron chi connectivity index (χ1n) is 10.6. The number of hydrogen-bond acceptors (Lipinski definition) is 8. The second kappa shape index (κ2) is 7.21. The average molecular weight is 434 g/mol. The molecule has 2 atom stereocenters. The average Bonchev–Trinajstić information content (AvgIpc) is 3.35. The maximum absolute atomic E-state index is 12.0. The number of halogens is 1. The van der Waals surface area contributed by atoms with Gasteiger partial charge in [0.25, 0.3) is 0 Å². The summed E-state index contributed by atoms with van der Waals surface area (Å²) in [4.78, 5) is 32.6. The van der Waals surface area contributed by atoms with Crippen molar-refractivity contribution in [1.29, 1.82) is 0 Å². The molecule has 3 fully saturated rings. The highest BCUT2D eigenvalue weighted by molar-refractivity contribution is 6.28. The van der Waals surface area contributed by atoms with Gasteiger partial charge in [0.2, 0.25) is 5.28 Å². The molecule has 2 aromatic rings. The van der Waals surface area contributed by atoms with Gasteiger partial charge in [-0.1, -0.05) is 0 Å². The normalized spacial score (nSPS) is 27.3. The number of morpholine rings is 1. The van der Waals surface area contributed by atoms with Crippen molar-refractivity contribution < 1.29 is 14.3 Å². The van der Waals surface area contributed by atoms with Gasteiger partial charge in [0.05, 0.1) is 26.3 Å². The molecule has 0 aliphatic carbocycles. The molecule has 3 saturated heterocycles. The molecular weight excluding hydrogens is 410 g/mol. The van der Waals surface area contributed by atoms with Gasteiger partial charge in [-0.25, -0.2) is 9.78 Å². The van der Waals surface area contributed by atoms with Gasteiger partial charge in [0.1, 0.15) is 12.4 Å². The third kappa shape index (κ3) is 3.00. The summed E-state index contributed by atoms with van der Waals surface area (Å²) in [5.41, 5.74) is 1.62. The third-order valence-electron chi connectivity index (χ3n) is 6.72. The smallest absolute Gasteiger partial charge is 0.410 e. The monoisotopic (exact) mass is 433 g/mol. The Kier molecular flexibility index (Phi) is 4.47. The minimum absolute atomic E-state index is 0.173. The molecule has 11 heteroatoms. The predicted molar refractivity (Wildman–Crippen MR) is 109 cm³/mol. The molecule has 4 aliphatic rings. The topological polar surface area (TPSA) is 88.8 Å². The van der Waals surface area contributed by atoms with Crippen LogP contribution in [0, 0.1) is 0 Å². The van der Waals surface area contributed by atoms with E-state index < -0.39 is 0 Å². The molecule has 0 aromatic carbocycles. The van der Waals surface area contributed by atoms with Crippen molar-refractivity contribution in [3.05, 3.63) is 11.1 Å². The van der Waals surface area contributed by atoms with Gasteiger partial charge in [0, 0.05) is 38.3 Å². The number of amides is 1. The van der Waals surface area contributed by atoms with Gasteiger partial charge in [-0.3, -0.25) is 4.90 Å². The molecule has 6 rings (SSSR count). The van der Waals surface area contributed by atoms with Crippen molar-refractivity contribution in [2.75, 3.05) is 50.9 Å². The summed E-state index contributed by atoms with van der Waals surface area (Å²) in [6.45, 7) is 6.60. The summed E-state index contributed by atoms with van der Waals surface area (Å²) in [6.07, 6.45) is 1.73. The van der Waals surface area contributed by atoms with Crippen LogP contribution in [0.4, 0.5) is 10.6 Å². The van der Waals surface area contributed by atoms with E-state index in [1.54, 1.807) is 0 Å². The zero-order valence-electron chi connectivity index (χ0n) is 16.7. The number of cyclic esters (lactones) is 1. The molecule has 10 nitrogen and oxygen atoms in total. The van der Waals surface area contributed by atoms with Crippen LogP contribution in [0.3, 0.4) is 0 Å². The van der Waals surface area contributed by atoms with E-state index in [2.05, 4.69) is 24.3 Å². The first-order valence-corrected chi connectivity index (χ1v) is 11.0. The van der Waals surface area contributed by atoms with Crippen molar-refractivity contribution in [2.24, 2.45) is 0 Å². The molecule has 6 heterocycles. The van der Waals surface area contributed by atoms with Crippen molar-refractivity contribution in [3.63, 3.8) is 0 Å². The molecule has 1 amide bonds. The van der Waals surface area contributed by atoms with Crippen LogP contribution in [0.25, 0.3) is 11.2 Å². The van der Waals surface area contributed by atoms with Crippen LogP contribution in [-0.2, 0) is 22.6 Å². The van der Waals surface area contributed by atoms with Crippen LogP contribution in [0.1, 0.15) is 18.7 Å². The Hall–Kier alpha value is -2.17. The van der Waals surface area contributed by atoms with Gasteiger partial charge in [-0.2, -0.15) is 9.97 Å². The maximum Gasteiger partial charge on any atom is 0.410 e. The van der Waals surface area contributed by atoms with Crippen LogP contribution in [0.15, 0.2) is 0 Å². The number of carbonyl (C=O) groups is 1. The summed E-state index contributed by atoms with van der Waals surface area (Å²) >= 11 is 6.32. The highest BCUT2D eigenvalue weighted by atomic mass is 35.5. The van der Waals surface area contributed by atoms with Crippen LogP contribution in [0.2, 0.25) is 5.28 Å². The molecule has 160 valence electrons. The fourth-order valence-electron chi connectivity index (χ4n) is 5.20. The third-order valence-corrected chi connectivity index (χ3v) is 6.89. The summed E-state index contributed by atoms with van der Waals surface area (Å²) in [5, 5.41) is 0.246. The molecule has 0 radical (unpaired) electrons. The van der Waals surface area contributed by atoms with Gasteiger partial charge < -0.3 is 23.8 Å². The number of carbonyl (C=O) groups excluding carboxylic acids is 1. The SMILES string of the molecule is O=C1OCCN1C1CCN2Cc3nc4c(N5CCOCC5)nc(Cl)nc4n3CC2C1. The van der Waals surface area contributed by atoms with Crippen LogP contribution >= 0.6 is 11.6 Å². The predicted octanol–water partition coefficient (Wildman–Crippen LogP) is 1.12. The quantitative estimate of drug-likeness (QED) is 0.651. The first-order chi connectivity index (χ1) is 14.7. The van der Waals surface area contributed by atoms with E-state index in [9.17, 15) is 4.79 Å². The highest BCUT2D eigenvalue weighted by Crippen LogP contribution is 2.33. The molecule has 0 spiro atoms. The van der Waals surface area contributed by atoms with E-state index in [0.717, 1.165) is 68.4 Å². The van der Waals surface area contributed by atoms with Crippen molar-refractivity contribution >= 4 is 34.7 Å². The summed E-state index contributed by atoms with van der Waals surface area (Å²) < 4.78 is 12.8. The van der Waals surface area contributed by atoms with Crippen molar-refractivity contribution in [1.82, 2.24) is 29.3 Å². The Labute approximate surface area is 178 Å². The molecule has 0 bridgehead atoms. The van der Waals surface area contributed by atoms with E-state index >= 15 is 0 Å². The molecule has 0 saturated carbocycles. The van der Waals surface area contributed by atoms with Crippen molar-refractivity contribution in [3.8, 4) is 0 Å². The highest BCUT2D eigenvalue weighted by Gasteiger charge is 2.39. The standard InChI is InChI=1S/C19H24ClN7O3/c20-18-22-16(24-3-6-29-7-4-24)15-17(23-18)27-10-13-9-12(26-5-8-30-19(26)28)1-2-25(13)11-14(27)21-15/h12-13H,1-11H2. The number of nitrogens with zero attached hydrogens (tertiary/aromatic N) is 7. The number of imidazole rings is 1. The fraction of sp³-hybridized carbons (Fsp3) is 0.684. The lowest BCUT2D eigenvalue weighted by molar-refractivity contribution is 0.0522.